The first-order valence-electron chi connectivity index (χ1n) is 11.9. The topological polar surface area (TPSA) is 78.1 Å². The highest BCUT2D eigenvalue weighted by Crippen LogP contribution is 2.31. The number of carbonyl (C=O) groups is 1. The fourth-order valence-corrected chi connectivity index (χ4v) is 4.07. The SMILES string of the molecule is CCCn1c(-c2ccc(-n3ccnc3)cc2)cnc1[C@H](Cc1ccncc1)N(C=O)OC(C)(C)C. The van der Waals surface area contributed by atoms with E-state index in [2.05, 4.69) is 45.7 Å². The smallest absolute Gasteiger partial charge is 0.234 e. The largest absolute Gasteiger partial charge is 0.326 e. The second-order valence-electron chi connectivity index (χ2n) is 9.41. The molecule has 0 unspecified atom stereocenters. The summed E-state index contributed by atoms with van der Waals surface area (Å²) in [6.45, 7) is 8.69. The van der Waals surface area contributed by atoms with Gasteiger partial charge < -0.3 is 9.13 Å². The van der Waals surface area contributed by atoms with Crippen LogP contribution in [0.5, 0.6) is 0 Å². The molecule has 3 heterocycles. The van der Waals surface area contributed by atoms with Crippen molar-refractivity contribution in [2.24, 2.45) is 0 Å². The molecule has 0 saturated heterocycles. The lowest BCUT2D eigenvalue weighted by atomic mass is 10.1. The monoisotopic (exact) mass is 472 g/mol. The van der Waals surface area contributed by atoms with Gasteiger partial charge in [0, 0.05) is 43.4 Å². The van der Waals surface area contributed by atoms with E-state index in [0.29, 0.717) is 6.42 Å². The Kier molecular flexibility index (Phi) is 7.41. The van der Waals surface area contributed by atoms with E-state index >= 15 is 0 Å². The highest BCUT2D eigenvalue weighted by Gasteiger charge is 2.30. The molecule has 0 spiro atoms. The highest BCUT2D eigenvalue weighted by atomic mass is 16.7. The van der Waals surface area contributed by atoms with Crippen molar-refractivity contribution in [3.05, 3.63) is 85.1 Å². The molecule has 0 N–H and O–H groups in total. The average Bonchev–Trinajstić information content (AvgIpc) is 3.52. The van der Waals surface area contributed by atoms with E-state index in [0.717, 1.165) is 47.7 Å². The molecule has 1 aromatic carbocycles. The van der Waals surface area contributed by atoms with Crippen LogP contribution in [0.3, 0.4) is 0 Å². The Hall–Kier alpha value is -3.78. The molecule has 0 fully saturated rings. The number of pyridine rings is 1. The minimum atomic E-state index is -0.536. The number of amides is 1. The summed E-state index contributed by atoms with van der Waals surface area (Å²) in [4.78, 5) is 31.4. The first kappa shape index (κ1) is 24.3. The Balaban J connectivity index is 1.74. The summed E-state index contributed by atoms with van der Waals surface area (Å²) in [5, 5.41) is 1.40. The summed E-state index contributed by atoms with van der Waals surface area (Å²) >= 11 is 0. The Bertz CT molecular complexity index is 1210. The number of hydrogen-bond donors (Lipinski definition) is 0. The number of nitrogens with zero attached hydrogens (tertiary/aromatic N) is 6. The van der Waals surface area contributed by atoms with E-state index in [4.69, 9.17) is 9.82 Å². The summed E-state index contributed by atoms with van der Waals surface area (Å²) in [5.41, 5.74) is 3.60. The Labute approximate surface area is 206 Å². The van der Waals surface area contributed by atoms with Gasteiger partial charge in [0.2, 0.25) is 6.41 Å². The molecule has 0 saturated carbocycles. The lowest BCUT2D eigenvalue weighted by molar-refractivity contribution is -0.234. The number of hydrogen-bond acceptors (Lipinski definition) is 5. The van der Waals surface area contributed by atoms with Gasteiger partial charge in [0.25, 0.3) is 0 Å². The Morgan fingerprint density at radius 1 is 1.06 bits per heavy atom. The maximum Gasteiger partial charge on any atom is 0.234 e. The predicted molar refractivity (Wildman–Crippen MR) is 134 cm³/mol. The summed E-state index contributed by atoms with van der Waals surface area (Å²) in [6, 6.07) is 11.8. The average molecular weight is 473 g/mol. The molecule has 0 bridgehead atoms. The first-order valence-corrected chi connectivity index (χ1v) is 11.9. The lowest BCUT2D eigenvalue weighted by Crippen LogP contribution is -2.38. The van der Waals surface area contributed by atoms with E-state index in [9.17, 15) is 4.79 Å². The molecule has 1 atom stereocenters. The van der Waals surface area contributed by atoms with Crippen LogP contribution in [0.15, 0.2) is 73.7 Å². The molecular formula is C27H32N6O2. The molecule has 1 amide bonds. The van der Waals surface area contributed by atoms with Gasteiger partial charge in [-0.2, -0.15) is 0 Å². The zero-order valence-corrected chi connectivity index (χ0v) is 20.7. The number of aromatic nitrogens is 5. The van der Waals surface area contributed by atoms with E-state index in [-0.39, 0.29) is 0 Å². The van der Waals surface area contributed by atoms with E-state index in [1.807, 2.05) is 49.9 Å². The van der Waals surface area contributed by atoms with Gasteiger partial charge in [0.05, 0.1) is 23.8 Å². The fraction of sp³-hybridized carbons (Fsp3) is 0.333. The first-order chi connectivity index (χ1) is 16.9. The van der Waals surface area contributed by atoms with Crippen LogP contribution in [0.1, 0.15) is 51.5 Å². The van der Waals surface area contributed by atoms with Crippen LogP contribution < -0.4 is 0 Å². The van der Waals surface area contributed by atoms with Gasteiger partial charge in [0.15, 0.2) is 0 Å². The molecule has 0 radical (unpaired) electrons. The lowest BCUT2D eigenvalue weighted by Gasteiger charge is -2.33. The van der Waals surface area contributed by atoms with Gasteiger partial charge in [-0.15, -0.1) is 0 Å². The van der Waals surface area contributed by atoms with Crippen LogP contribution in [-0.2, 0) is 22.6 Å². The van der Waals surface area contributed by atoms with Crippen LogP contribution in [0.2, 0.25) is 0 Å². The zero-order valence-electron chi connectivity index (χ0n) is 20.7. The molecule has 0 aliphatic heterocycles. The van der Waals surface area contributed by atoms with Gasteiger partial charge in [-0.05, 0) is 62.6 Å². The number of rotatable bonds is 10. The normalized spacial score (nSPS) is 12.5. The maximum atomic E-state index is 12.2. The van der Waals surface area contributed by atoms with E-state index in [1.165, 1.54) is 5.06 Å². The summed E-state index contributed by atoms with van der Waals surface area (Å²) in [7, 11) is 0. The minimum absolute atomic E-state index is 0.403. The minimum Gasteiger partial charge on any atom is -0.326 e. The Morgan fingerprint density at radius 2 is 1.80 bits per heavy atom. The van der Waals surface area contributed by atoms with Crippen LogP contribution in [0, 0.1) is 0 Å². The number of carbonyl (C=O) groups excluding carboxylic acids is 1. The van der Waals surface area contributed by atoms with Crippen molar-refractivity contribution in [3.8, 4) is 16.9 Å². The van der Waals surface area contributed by atoms with Crippen LogP contribution >= 0.6 is 0 Å². The molecule has 35 heavy (non-hydrogen) atoms. The molecule has 4 rings (SSSR count). The Morgan fingerprint density at radius 3 is 2.40 bits per heavy atom. The summed E-state index contributed by atoms with van der Waals surface area (Å²) in [6.07, 6.45) is 13.1. The van der Waals surface area contributed by atoms with E-state index in [1.54, 1.807) is 24.9 Å². The highest BCUT2D eigenvalue weighted by molar-refractivity contribution is 5.61. The third-order valence-corrected chi connectivity index (χ3v) is 5.57. The van der Waals surface area contributed by atoms with Gasteiger partial charge >= 0.3 is 0 Å². The maximum absolute atomic E-state index is 12.2. The third-order valence-electron chi connectivity index (χ3n) is 5.57. The number of hydroxylamine groups is 2. The molecular weight excluding hydrogens is 440 g/mol. The second-order valence-corrected chi connectivity index (χ2v) is 9.41. The molecule has 8 nitrogen and oxygen atoms in total. The summed E-state index contributed by atoms with van der Waals surface area (Å²) in [5.74, 6) is 0.786. The van der Waals surface area contributed by atoms with Crippen LogP contribution in [-0.4, -0.2) is 41.2 Å². The molecule has 0 aliphatic rings. The van der Waals surface area contributed by atoms with Crippen LogP contribution in [0.25, 0.3) is 16.9 Å². The third kappa shape index (κ3) is 5.84. The van der Waals surface area contributed by atoms with E-state index < -0.39 is 11.6 Å². The molecule has 4 aromatic rings. The van der Waals surface area contributed by atoms with Crippen molar-refractivity contribution < 1.29 is 9.63 Å². The van der Waals surface area contributed by atoms with Crippen molar-refractivity contribution in [3.63, 3.8) is 0 Å². The van der Waals surface area contributed by atoms with Gasteiger partial charge in [-0.25, -0.2) is 15.0 Å². The zero-order chi connectivity index (χ0) is 24.8. The van der Waals surface area contributed by atoms with Crippen molar-refractivity contribution in [1.29, 1.82) is 0 Å². The number of imidazole rings is 2. The standard InChI is InChI=1S/C27H32N6O2/c1-5-15-32-25(22-6-8-23(9-7-22)31-16-14-29-19-31)18-30-26(32)24(17-21-10-12-28-13-11-21)33(20-34)35-27(2,3)4/h6-14,16,18-20,24H,5,15,17H2,1-4H3/t24-/m0/s1. The van der Waals surface area contributed by atoms with Crippen molar-refractivity contribution in [2.75, 3.05) is 0 Å². The molecule has 8 heteroatoms. The van der Waals surface area contributed by atoms with Gasteiger partial charge in [-0.3, -0.25) is 14.6 Å². The molecule has 3 aromatic heterocycles. The fourth-order valence-electron chi connectivity index (χ4n) is 4.07. The van der Waals surface area contributed by atoms with Gasteiger partial charge in [-0.1, -0.05) is 19.1 Å². The van der Waals surface area contributed by atoms with Crippen molar-refractivity contribution in [2.45, 2.75) is 58.7 Å². The quantitative estimate of drug-likeness (QED) is 0.239. The second kappa shape index (κ2) is 10.7. The number of benzene rings is 1. The molecule has 0 aliphatic carbocycles. The van der Waals surface area contributed by atoms with Crippen molar-refractivity contribution >= 4 is 6.41 Å². The predicted octanol–water partition coefficient (Wildman–Crippen LogP) is 5.01. The van der Waals surface area contributed by atoms with Crippen molar-refractivity contribution in [1.82, 2.24) is 29.1 Å². The molecule has 182 valence electrons. The van der Waals surface area contributed by atoms with Crippen LogP contribution in [0.4, 0.5) is 0 Å². The summed E-state index contributed by atoms with van der Waals surface area (Å²) < 4.78 is 4.16. The van der Waals surface area contributed by atoms with Gasteiger partial charge in [0.1, 0.15) is 11.9 Å².